The minimum atomic E-state index is -0.163. The van der Waals surface area contributed by atoms with E-state index in [1.165, 1.54) is 395 Å². The molecule has 0 aromatic heterocycles. The van der Waals surface area contributed by atoms with E-state index in [-0.39, 0.29) is 27.1 Å². The molecule has 10 aromatic carbocycles. The van der Waals surface area contributed by atoms with E-state index in [1.54, 1.807) is 55.6 Å². The molecule has 127 heavy (non-hydrogen) atoms. The molecular formula is C125H160Cl2. The third-order valence-corrected chi connectivity index (χ3v) is 33.1. The summed E-state index contributed by atoms with van der Waals surface area (Å²) in [4.78, 5) is 0. The fourth-order valence-electron chi connectivity index (χ4n) is 25.7. The molecule has 10 aromatic rings. The summed E-state index contributed by atoms with van der Waals surface area (Å²) in [7, 11) is 0. The number of unbranched alkanes of at least 4 members (excludes halogenated alkanes) is 30. The van der Waals surface area contributed by atoms with Crippen LogP contribution in [0.3, 0.4) is 0 Å². The number of fused-ring (bicyclic) bond motifs is 15. The molecule has 0 aliphatic heterocycles. The van der Waals surface area contributed by atoms with Crippen molar-refractivity contribution in [2.45, 2.75) is 404 Å². The first-order valence-electron chi connectivity index (χ1n) is 53.0. The van der Waals surface area contributed by atoms with Crippen molar-refractivity contribution >= 4 is 23.2 Å². The van der Waals surface area contributed by atoms with Crippen LogP contribution in [0.2, 0.25) is 0 Å². The van der Waals surface area contributed by atoms with E-state index in [0.29, 0.717) is 0 Å². The van der Waals surface area contributed by atoms with Crippen LogP contribution in [0.5, 0.6) is 0 Å². The average molecular weight is 1730 g/mol. The van der Waals surface area contributed by atoms with Crippen LogP contribution in [0.1, 0.15) is 432 Å². The predicted molar refractivity (Wildman–Crippen MR) is 557 cm³/mol. The first-order chi connectivity index (χ1) is 62.5. The minimum absolute atomic E-state index is 0.0413. The lowest BCUT2D eigenvalue weighted by Gasteiger charge is -2.34. The Morgan fingerprint density at radius 3 is 0.457 bits per heavy atom. The number of hydrogen-bond donors (Lipinski definition) is 0. The summed E-state index contributed by atoms with van der Waals surface area (Å²) in [6.07, 6.45) is 62.1. The van der Waals surface area contributed by atoms with Crippen molar-refractivity contribution in [3.8, 4) is 100 Å². The highest BCUT2D eigenvalue weighted by atomic mass is 35.5. The van der Waals surface area contributed by atoms with E-state index < -0.39 is 0 Å². The molecule has 15 rings (SSSR count). The lowest BCUT2D eigenvalue weighted by molar-refractivity contribution is 0.400. The molecule has 0 atom stereocenters. The Labute approximate surface area is 782 Å². The number of alkyl halides is 2. The smallest absolute Gasteiger partial charge is 0.0223 e. The van der Waals surface area contributed by atoms with Crippen LogP contribution in [0.4, 0.5) is 0 Å². The van der Waals surface area contributed by atoms with Gasteiger partial charge in [0.1, 0.15) is 0 Å². The maximum atomic E-state index is 6.55. The highest BCUT2D eigenvalue weighted by Crippen LogP contribution is 2.63. The van der Waals surface area contributed by atoms with Crippen LogP contribution >= 0.6 is 23.2 Å². The van der Waals surface area contributed by atoms with Crippen molar-refractivity contribution < 1.29 is 0 Å². The molecule has 0 heterocycles. The third-order valence-electron chi connectivity index (χ3n) is 32.6. The standard InChI is InChI=1S/C125H160Cl2/c1-9-17-25-41-73-121(74-42-26-18-10-2)111-55-39-37-53-101(111)103-65-57-93(85-113(103)121)95-59-67-105-107-69-61-97(89-117(107)123(115(105)87-95,77-45-29-21-13-5)78-46-30-22-14-6)99-63-71-109-110-72-64-100(92-120(110)125(119(109)91-99,81-49-33-35-51-83-126)82-50-34-36-52-84-127)98-62-70-108-106-68-60-96(88-116(106)124(118(108)90-98,79-47-31-23-15-7)80-48-32-24-16-8)94-58-66-104-102-54-38-40-56-112(102)122(114(104)86-94,75-43-27-19-11-3)76-44-28-20-12-4/h37-40,53-72,85-92H,9-36,41-52,73-84H2,1-8H3. The quantitative estimate of drug-likeness (QED) is 0.0263. The van der Waals surface area contributed by atoms with Gasteiger partial charge in [-0.25, -0.2) is 0 Å². The summed E-state index contributed by atoms with van der Waals surface area (Å²) in [6, 6.07) is 82.1. The summed E-state index contributed by atoms with van der Waals surface area (Å²) in [5.41, 5.74) is 41.4. The number of hydrogen-bond acceptors (Lipinski definition) is 0. The van der Waals surface area contributed by atoms with Gasteiger partial charge in [0, 0.05) is 38.8 Å². The van der Waals surface area contributed by atoms with Crippen molar-refractivity contribution in [3.05, 3.63) is 250 Å². The first kappa shape index (κ1) is 94.4. The van der Waals surface area contributed by atoms with Crippen molar-refractivity contribution in [1.82, 2.24) is 0 Å². The van der Waals surface area contributed by atoms with Crippen LogP contribution in [0.25, 0.3) is 100 Å². The largest absolute Gasteiger partial charge is 0.127 e. The van der Waals surface area contributed by atoms with Crippen LogP contribution in [-0.4, -0.2) is 11.8 Å². The normalized spacial score (nSPS) is 14.9. The molecule has 0 nitrogen and oxygen atoms in total. The van der Waals surface area contributed by atoms with Gasteiger partial charge in [0.2, 0.25) is 0 Å². The van der Waals surface area contributed by atoms with Gasteiger partial charge in [-0.2, -0.15) is 0 Å². The molecule has 0 unspecified atom stereocenters. The molecular weight excluding hydrogens is 1570 g/mol. The lowest BCUT2D eigenvalue weighted by Crippen LogP contribution is -2.26. The van der Waals surface area contributed by atoms with Gasteiger partial charge >= 0.3 is 0 Å². The van der Waals surface area contributed by atoms with Crippen molar-refractivity contribution in [2.75, 3.05) is 11.8 Å². The third kappa shape index (κ3) is 19.7. The molecule has 674 valence electrons. The summed E-state index contributed by atoms with van der Waals surface area (Å²) in [5, 5.41) is 0. The molecule has 0 N–H and O–H groups in total. The molecule has 0 bridgehead atoms. The fourth-order valence-corrected chi connectivity index (χ4v) is 26.1. The lowest BCUT2D eigenvalue weighted by atomic mass is 9.69. The Kier molecular flexibility index (Phi) is 33.7. The highest BCUT2D eigenvalue weighted by molar-refractivity contribution is 6.18. The van der Waals surface area contributed by atoms with E-state index in [1.807, 2.05) is 0 Å². The predicted octanol–water partition coefficient (Wildman–Crippen LogP) is 39.8. The van der Waals surface area contributed by atoms with E-state index in [0.717, 1.165) is 37.4 Å². The summed E-state index contributed by atoms with van der Waals surface area (Å²) >= 11 is 13.1. The Bertz CT molecular complexity index is 4850. The first-order valence-corrected chi connectivity index (χ1v) is 54.1. The Morgan fingerprint density at radius 1 is 0.150 bits per heavy atom. The van der Waals surface area contributed by atoms with Gasteiger partial charge in [-0.1, -0.05) is 445 Å². The molecule has 0 spiro atoms. The number of benzene rings is 10. The topological polar surface area (TPSA) is 0 Å². The zero-order chi connectivity index (χ0) is 88.1. The SMILES string of the molecule is CCCCCCC1(CCCCCC)c2ccccc2-c2ccc(-c3ccc4c(c3)C(CCCCCC)(CCCCCC)c3cc(-c5ccc6c(c5)C(CCCCCCCl)(CCCCCCCl)c5cc(-c7ccc8c(c7)C(CCCCCC)(CCCCCC)c7cc(-c9ccc%10c(c9)C(CCCCCC)(CCCCCC)c9ccccc9-%10)ccc7-8)ccc5-6)ccc3-4)cc21. The van der Waals surface area contributed by atoms with Crippen LogP contribution in [0, 0.1) is 0 Å². The monoisotopic (exact) mass is 1730 g/mol. The van der Waals surface area contributed by atoms with E-state index >= 15 is 0 Å². The summed E-state index contributed by atoms with van der Waals surface area (Å²) in [5.74, 6) is 1.46. The van der Waals surface area contributed by atoms with Crippen LogP contribution < -0.4 is 0 Å². The maximum absolute atomic E-state index is 6.55. The van der Waals surface area contributed by atoms with Gasteiger partial charge in [-0.15, -0.1) is 23.2 Å². The average Bonchev–Trinajstić information content (AvgIpc) is 1.56. The van der Waals surface area contributed by atoms with E-state index in [9.17, 15) is 0 Å². The molecule has 2 heteroatoms. The molecule has 0 radical (unpaired) electrons. The second-order valence-electron chi connectivity index (χ2n) is 40.8. The van der Waals surface area contributed by atoms with E-state index in [4.69, 9.17) is 23.2 Å². The van der Waals surface area contributed by atoms with Gasteiger partial charge in [0.25, 0.3) is 0 Å². The van der Waals surface area contributed by atoms with Gasteiger partial charge < -0.3 is 0 Å². The minimum Gasteiger partial charge on any atom is -0.127 e. The molecule has 0 amide bonds. The summed E-state index contributed by atoms with van der Waals surface area (Å²) < 4.78 is 0. The number of halogens is 2. The van der Waals surface area contributed by atoms with Crippen LogP contribution in [0.15, 0.2) is 194 Å². The molecule has 0 saturated carbocycles. The molecule has 0 fully saturated rings. The number of rotatable bonds is 56. The van der Waals surface area contributed by atoms with Gasteiger partial charge in [-0.05, 0) is 281 Å². The maximum Gasteiger partial charge on any atom is 0.0223 e. The van der Waals surface area contributed by atoms with Crippen LogP contribution in [-0.2, 0) is 27.1 Å². The van der Waals surface area contributed by atoms with Gasteiger partial charge in [-0.3, -0.25) is 0 Å². The zero-order valence-electron chi connectivity index (χ0n) is 80.5. The molecule has 5 aliphatic carbocycles. The molecule has 0 saturated heterocycles. The summed E-state index contributed by atoms with van der Waals surface area (Å²) in [6.45, 7) is 19.0. The fraction of sp³-hybridized carbons (Fsp3) is 0.520. The highest BCUT2D eigenvalue weighted by Gasteiger charge is 2.49. The van der Waals surface area contributed by atoms with Crippen molar-refractivity contribution in [1.29, 1.82) is 0 Å². The van der Waals surface area contributed by atoms with Gasteiger partial charge in [0.05, 0.1) is 0 Å². The van der Waals surface area contributed by atoms with E-state index in [2.05, 4.69) is 250 Å². The second-order valence-corrected chi connectivity index (χ2v) is 41.5. The Balaban J connectivity index is 0.827. The Hall–Kier alpha value is -7.22. The van der Waals surface area contributed by atoms with Crippen molar-refractivity contribution in [3.63, 3.8) is 0 Å². The zero-order valence-corrected chi connectivity index (χ0v) is 82.0. The molecule has 5 aliphatic rings. The second kappa shape index (κ2) is 45.3. The Morgan fingerprint density at radius 2 is 0.291 bits per heavy atom. The van der Waals surface area contributed by atoms with Gasteiger partial charge in [0.15, 0.2) is 0 Å². The van der Waals surface area contributed by atoms with Crippen molar-refractivity contribution in [2.24, 2.45) is 0 Å².